The molecule has 0 aromatic carbocycles. The van der Waals surface area contributed by atoms with Crippen LogP contribution in [0.1, 0.15) is 42.3 Å². The zero-order valence-corrected chi connectivity index (χ0v) is 10.6. The lowest BCUT2D eigenvalue weighted by molar-refractivity contribution is -0.00116. The lowest BCUT2D eigenvalue weighted by atomic mass is 9.90. The summed E-state index contributed by atoms with van der Waals surface area (Å²) >= 11 is 0. The summed E-state index contributed by atoms with van der Waals surface area (Å²) in [6, 6.07) is 1.40. The van der Waals surface area contributed by atoms with Crippen molar-refractivity contribution in [2.24, 2.45) is 0 Å². The molecule has 5 nitrogen and oxygen atoms in total. The number of hydrogen-bond acceptors (Lipinski definition) is 4. The number of likely N-dealkylation sites (tertiary alicyclic amines) is 1. The van der Waals surface area contributed by atoms with Crippen molar-refractivity contribution in [3.05, 3.63) is 23.7 Å². The number of carbonyl (C=O) groups is 1. The van der Waals surface area contributed by atoms with E-state index >= 15 is 0 Å². The summed E-state index contributed by atoms with van der Waals surface area (Å²) in [6.45, 7) is 4.72. The molecule has 1 saturated heterocycles. The van der Waals surface area contributed by atoms with Crippen molar-refractivity contribution < 1.29 is 19.4 Å². The molecule has 0 amide bonds. The van der Waals surface area contributed by atoms with Crippen molar-refractivity contribution in [1.29, 1.82) is 0 Å². The van der Waals surface area contributed by atoms with Crippen LogP contribution in [0.4, 0.5) is 0 Å². The van der Waals surface area contributed by atoms with Crippen LogP contribution >= 0.6 is 0 Å². The highest BCUT2D eigenvalue weighted by Gasteiger charge is 2.37. The van der Waals surface area contributed by atoms with Gasteiger partial charge >= 0.3 is 5.97 Å². The van der Waals surface area contributed by atoms with Gasteiger partial charge in [0.25, 0.3) is 0 Å². The van der Waals surface area contributed by atoms with E-state index in [9.17, 15) is 9.90 Å². The highest BCUT2D eigenvalue weighted by molar-refractivity contribution is 5.89. The van der Waals surface area contributed by atoms with E-state index < -0.39 is 11.6 Å². The van der Waals surface area contributed by atoms with Crippen LogP contribution in [0.15, 0.2) is 16.7 Å². The molecule has 1 fully saturated rings. The largest absolute Gasteiger partial charge is 0.478 e. The van der Waals surface area contributed by atoms with Crippen molar-refractivity contribution in [1.82, 2.24) is 4.90 Å². The van der Waals surface area contributed by atoms with E-state index in [0.29, 0.717) is 12.8 Å². The molecule has 2 rings (SSSR count). The summed E-state index contributed by atoms with van der Waals surface area (Å²) in [5, 5.41) is 19.8. The third-order valence-corrected chi connectivity index (χ3v) is 3.67. The standard InChI is InChI=1S/C13H19NO4/c1-2-14-7-3-5-13(17,6-8-14)11-10(12(15)16)4-9-18-11/h4,9,17H,2-3,5-8H2,1H3,(H,15,16). The Bertz CT molecular complexity index is 428. The normalized spacial score (nSPS) is 25.9. The maximum absolute atomic E-state index is 11.1. The first-order chi connectivity index (χ1) is 8.57. The highest BCUT2D eigenvalue weighted by atomic mass is 16.4. The number of rotatable bonds is 3. The van der Waals surface area contributed by atoms with Crippen LogP contribution in [0, 0.1) is 0 Å². The fraction of sp³-hybridized carbons (Fsp3) is 0.615. The van der Waals surface area contributed by atoms with Crippen LogP contribution in [0.2, 0.25) is 0 Å². The maximum atomic E-state index is 11.1. The predicted molar refractivity (Wildman–Crippen MR) is 65.5 cm³/mol. The Balaban J connectivity index is 2.24. The van der Waals surface area contributed by atoms with E-state index in [2.05, 4.69) is 11.8 Å². The van der Waals surface area contributed by atoms with Gasteiger partial charge in [0, 0.05) is 6.54 Å². The molecule has 1 atom stereocenters. The van der Waals surface area contributed by atoms with E-state index in [0.717, 1.165) is 26.1 Å². The van der Waals surface area contributed by atoms with E-state index in [1.165, 1.54) is 12.3 Å². The third-order valence-electron chi connectivity index (χ3n) is 3.67. The lowest BCUT2D eigenvalue weighted by Crippen LogP contribution is -2.30. The molecule has 2 N–H and O–H groups in total. The van der Waals surface area contributed by atoms with Crippen molar-refractivity contribution in [2.45, 2.75) is 31.8 Å². The van der Waals surface area contributed by atoms with Crippen molar-refractivity contribution in [3.8, 4) is 0 Å². The van der Waals surface area contributed by atoms with Gasteiger partial charge in [-0.15, -0.1) is 0 Å². The fourth-order valence-corrected chi connectivity index (χ4v) is 2.56. The second kappa shape index (κ2) is 5.12. The van der Waals surface area contributed by atoms with Gasteiger partial charge in [-0.05, 0) is 38.4 Å². The summed E-state index contributed by atoms with van der Waals surface area (Å²) in [5.74, 6) is -0.850. The SMILES string of the molecule is CCN1CCCC(O)(c2occc2C(=O)O)CC1. The van der Waals surface area contributed by atoms with Crippen LogP contribution in [-0.4, -0.2) is 40.7 Å². The van der Waals surface area contributed by atoms with Gasteiger partial charge < -0.3 is 19.5 Å². The average Bonchev–Trinajstić information content (AvgIpc) is 2.76. The Hall–Kier alpha value is -1.33. The Morgan fingerprint density at radius 3 is 2.94 bits per heavy atom. The monoisotopic (exact) mass is 253 g/mol. The first-order valence-corrected chi connectivity index (χ1v) is 6.33. The minimum absolute atomic E-state index is 0.0717. The molecule has 0 aliphatic carbocycles. The third kappa shape index (κ3) is 2.42. The number of carboxylic acid groups (broad SMARTS) is 1. The highest BCUT2D eigenvalue weighted by Crippen LogP contribution is 2.35. The van der Waals surface area contributed by atoms with Crippen LogP contribution in [0.25, 0.3) is 0 Å². The van der Waals surface area contributed by atoms with Gasteiger partial charge in [0.05, 0.1) is 6.26 Å². The molecule has 100 valence electrons. The molecule has 0 radical (unpaired) electrons. The van der Waals surface area contributed by atoms with E-state index in [4.69, 9.17) is 9.52 Å². The Morgan fingerprint density at radius 1 is 1.50 bits per heavy atom. The van der Waals surface area contributed by atoms with Crippen molar-refractivity contribution in [2.75, 3.05) is 19.6 Å². The Labute approximate surface area is 106 Å². The smallest absolute Gasteiger partial charge is 0.339 e. The Kier molecular flexibility index (Phi) is 3.73. The Morgan fingerprint density at radius 2 is 2.28 bits per heavy atom. The van der Waals surface area contributed by atoms with Gasteiger partial charge in [-0.25, -0.2) is 4.79 Å². The molecule has 1 aromatic heterocycles. The predicted octanol–water partition coefficient (Wildman–Crippen LogP) is 1.67. The van der Waals surface area contributed by atoms with Gasteiger partial charge in [0.1, 0.15) is 16.9 Å². The average molecular weight is 253 g/mol. The number of hydrogen-bond donors (Lipinski definition) is 2. The van der Waals surface area contributed by atoms with E-state index in [1.54, 1.807) is 0 Å². The minimum atomic E-state index is -1.15. The topological polar surface area (TPSA) is 73.9 Å². The second-order valence-corrected chi connectivity index (χ2v) is 4.79. The first kappa shape index (κ1) is 13.1. The van der Waals surface area contributed by atoms with Crippen molar-refractivity contribution in [3.63, 3.8) is 0 Å². The number of aliphatic hydroxyl groups is 1. The molecule has 18 heavy (non-hydrogen) atoms. The second-order valence-electron chi connectivity index (χ2n) is 4.79. The fourth-order valence-electron chi connectivity index (χ4n) is 2.56. The summed E-state index contributed by atoms with van der Waals surface area (Å²) in [6.07, 6.45) is 3.22. The first-order valence-electron chi connectivity index (χ1n) is 6.33. The van der Waals surface area contributed by atoms with Crippen LogP contribution < -0.4 is 0 Å². The van der Waals surface area contributed by atoms with Gasteiger partial charge in [0.2, 0.25) is 0 Å². The molecule has 0 bridgehead atoms. The lowest BCUT2D eigenvalue weighted by Gasteiger charge is -2.25. The number of aromatic carboxylic acids is 1. The molecular weight excluding hydrogens is 234 g/mol. The quantitative estimate of drug-likeness (QED) is 0.857. The van der Waals surface area contributed by atoms with Gasteiger partial charge in [-0.1, -0.05) is 6.92 Å². The van der Waals surface area contributed by atoms with Crippen LogP contribution in [0.5, 0.6) is 0 Å². The van der Waals surface area contributed by atoms with Crippen LogP contribution in [0.3, 0.4) is 0 Å². The van der Waals surface area contributed by atoms with Gasteiger partial charge in [-0.3, -0.25) is 0 Å². The molecule has 0 spiro atoms. The molecule has 5 heteroatoms. The molecule has 1 unspecified atom stereocenters. The van der Waals surface area contributed by atoms with Crippen molar-refractivity contribution >= 4 is 5.97 Å². The van der Waals surface area contributed by atoms with E-state index in [-0.39, 0.29) is 11.3 Å². The molecule has 2 heterocycles. The summed E-state index contributed by atoms with van der Waals surface area (Å²) in [5.41, 5.74) is -1.08. The minimum Gasteiger partial charge on any atom is -0.478 e. The number of carboxylic acids is 1. The number of furan rings is 1. The molecule has 0 saturated carbocycles. The van der Waals surface area contributed by atoms with Gasteiger partial charge in [-0.2, -0.15) is 0 Å². The molecular formula is C13H19NO4. The molecule has 1 aliphatic rings. The summed E-state index contributed by atoms with van der Waals surface area (Å²) in [4.78, 5) is 13.3. The summed E-state index contributed by atoms with van der Waals surface area (Å²) in [7, 11) is 0. The number of nitrogens with zero attached hydrogens (tertiary/aromatic N) is 1. The van der Waals surface area contributed by atoms with Gasteiger partial charge in [0.15, 0.2) is 0 Å². The van der Waals surface area contributed by atoms with E-state index in [1.807, 2.05) is 0 Å². The zero-order valence-electron chi connectivity index (χ0n) is 10.6. The molecule has 1 aliphatic heterocycles. The maximum Gasteiger partial charge on any atom is 0.339 e. The zero-order chi connectivity index (χ0) is 13.2. The summed E-state index contributed by atoms with van der Waals surface area (Å²) < 4.78 is 5.24. The van der Waals surface area contributed by atoms with Crippen LogP contribution in [-0.2, 0) is 5.60 Å². The molecule has 1 aromatic rings.